The Morgan fingerprint density at radius 3 is 2.74 bits per heavy atom. The second-order valence-corrected chi connectivity index (χ2v) is 8.80. The number of ether oxygens (including phenoxy) is 1. The molecule has 0 bridgehead atoms. The normalized spacial score (nSPS) is 15.1. The molecule has 0 amide bonds. The van der Waals surface area contributed by atoms with Crippen molar-refractivity contribution in [2.45, 2.75) is 6.10 Å². The first-order valence-corrected chi connectivity index (χ1v) is 11.6. The molecule has 1 aliphatic heterocycles. The minimum absolute atomic E-state index is 0.113. The van der Waals surface area contributed by atoms with Gasteiger partial charge in [0.05, 0.1) is 35.6 Å². The molecule has 6 rings (SSSR count). The first-order chi connectivity index (χ1) is 17.1. The molecule has 35 heavy (non-hydrogen) atoms. The van der Waals surface area contributed by atoms with Gasteiger partial charge in [-0.25, -0.2) is 14.4 Å². The van der Waals surface area contributed by atoms with E-state index in [1.165, 1.54) is 12.4 Å². The SMILES string of the molecule is OC(c1cc(-c2ncnc3cc(N4CCOCC4)ccc23)c(F)cc1Cl)c1nccn2cccc12. The Morgan fingerprint density at radius 2 is 1.89 bits per heavy atom. The van der Waals surface area contributed by atoms with E-state index in [0.29, 0.717) is 41.1 Å². The van der Waals surface area contributed by atoms with E-state index >= 15 is 4.39 Å². The van der Waals surface area contributed by atoms with E-state index in [-0.39, 0.29) is 10.6 Å². The Bertz CT molecular complexity index is 1550. The molecule has 4 heterocycles. The van der Waals surface area contributed by atoms with Crippen LogP contribution in [0.2, 0.25) is 5.02 Å². The molecular formula is C26H21ClFN5O2. The highest BCUT2D eigenvalue weighted by molar-refractivity contribution is 6.31. The van der Waals surface area contributed by atoms with Gasteiger partial charge in [-0.1, -0.05) is 11.6 Å². The predicted molar refractivity (Wildman–Crippen MR) is 132 cm³/mol. The fourth-order valence-corrected chi connectivity index (χ4v) is 4.84. The van der Waals surface area contributed by atoms with Crippen LogP contribution in [0.4, 0.5) is 10.1 Å². The van der Waals surface area contributed by atoms with Crippen molar-refractivity contribution in [1.29, 1.82) is 0 Å². The van der Waals surface area contributed by atoms with Crippen molar-refractivity contribution in [3.05, 3.63) is 89.5 Å². The third kappa shape index (κ3) is 3.89. The Kier molecular flexibility index (Phi) is 5.56. The summed E-state index contributed by atoms with van der Waals surface area (Å²) < 4.78 is 22.5. The monoisotopic (exact) mass is 489 g/mol. The number of aliphatic hydroxyl groups excluding tert-OH is 1. The molecule has 1 fully saturated rings. The van der Waals surface area contributed by atoms with E-state index in [9.17, 15) is 5.11 Å². The fraction of sp³-hybridized carbons (Fsp3) is 0.192. The van der Waals surface area contributed by atoms with Gasteiger partial charge in [-0.2, -0.15) is 0 Å². The van der Waals surface area contributed by atoms with Gasteiger partial charge < -0.3 is 19.1 Å². The minimum atomic E-state index is -1.15. The molecule has 0 radical (unpaired) electrons. The molecule has 9 heteroatoms. The molecule has 0 saturated carbocycles. The van der Waals surface area contributed by atoms with Crippen molar-refractivity contribution in [2.75, 3.05) is 31.2 Å². The van der Waals surface area contributed by atoms with Crippen molar-refractivity contribution in [2.24, 2.45) is 0 Å². The van der Waals surface area contributed by atoms with Gasteiger partial charge in [0.25, 0.3) is 0 Å². The van der Waals surface area contributed by atoms with Gasteiger partial charge in [-0.05, 0) is 42.5 Å². The van der Waals surface area contributed by atoms with Crippen molar-refractivity contribution < 1.29 is 14.2 Å². The van der Waals surface area contributed by atoms with Crippen LogP contribution in [-0.2, 0) is 4.74 Å². The van der Waals surface area contributed by atoms with E-state index in [0.717, 1.165) is 24.3 Å². The van der Waals surface area contributed by atoms with Crippen molar-refractivity contribution in [3.8, 4) is 11.3 Å². The maximum atomic E-state index is 15.2. The Balaban J connectivity index is 1.45. The second kappa shape index (κ2) is 8.88. The first kappa shape index (κ1) is 21.9. The maximum Gasteiger partial charge on any atom is 0.134 e. The number of benzene rings is 2. The van der Waals surface area contributed by atoms with Crippen molar-refractivity contribution in [1.82, 2.24) is 19.4 Å². The number of aliphatic hydroxyl groups is 1. The van der Waals surface area contributed by atoms with Crippen LogP contribution in [0.1, 0.15) is 17.4 Å². The Labute approximate surface area is 205 Å². The van der Waals surface area contributed by atoms with Gasteiger partial charge in [-0.3, -0.25) is 4.98 Å². The minimum Gasteiger partial charge on any atom is -0.382 e. The predicted octanol–water partition coefficient (Wildman–Crippen LogP) is 4.66. The molecule has 7 nitrogen and oxygen atoms in total. The molecule has 176 valence electrons. The molecule has 5 aromatic rings. The van der Waals surface area contributed by atoms with Crippen molar-refractivity contribution >= 4 is 33.7 Å². The highest BCUT2D eigenvalue weighted by Gasteiger charge is 2.23. The number of nitrogens with zero attached hydrogens (tertiary/aromatic N) is 5. The van der Waals surface area contributed by atoms with E-state index in [1.807, 2.05) is 40.9 Å². The lowest BCUT2D eigenvalue weighted by atomic mass is 9.98. The molecule has 0 aliphatic carbocycles. The van der Waals surface area contributed by atoms with Crippen LogP contribution in [0.25, 0.3) is 27.7 Å². The topological polar surface area (TPSA) is 75.8 Å². The molecular weight excluding hydrogens is 469 g/mol. The second-order valence-electron chi connectivity index (χ2n) is 8.39. The van der Waals surface area contributed by atoms with Gasteiger partial charge in [0.1, 0.15) is 18.2 Å². The summed E-state index contributed by atoms with van der Waals surface area (Å²) in [5.74, 6) is -0.531. The molecule has 1 saturated heterocycles. The van der Waals surface area contributed by atoms with Gasteiger partial charge in [-0.15, -0.1) is 0 Å². The largest absolute Gasteiger partial charge is 0.382 e. The van der Waals surface area contributed by atoms with E-state index in [2.05, 4.69) is 19.9 Å². The number of anilines is 1. The summed E-state index contributed by atoms with van der Waals surface area (Å²) in [6, 6.07) is 12.4. The molecule has 0 spiro atoms. The summed E-state index contributed by atoms with van der Waals surface area (Å²) in [6.07, 6.45) is 5.54. The summed E-state index contributed by atoms with van der Waals surface area (Å²) in [7, 11) is 0. The lowest BCUT2D eigenvalue weighted by Gasteiger charge is -2.29. The number of morpholine rings is 1. The average Bonchev–Trinajstić information content (AvgIpc) is 3.38. The number of hydrogen-bond donors (Lipinski definition) is 1. The lowest BCUT2D eigenvalue weighted by Crippen LogP contribution is -2.36. The average molecular weight is 490 g/mol. The number of fused-ring (bicyclic) bond motifs is 2. The van der Waals surface area contributed by atoms with Crippen LogP contribution in [0.5, 0.6) is 0 Å². The lowest BCUT2D eigenvalue weighted by molar-refractivity contribution is 0.122. The van der Waals surface area contributed by atoms with Gasteiger partial charge in [0.15, 0.2) is 0 Å². The standard InChI is InChI=1S/C26H21ClFN5O2/c27-20-14-21(28)19(13-18(20)26(34)25-23-2-1-6-33(23)7-5-29-25)24-17-4-3-16(12-22(17)30-15-31-24)32-8-10-35-11-9-32/h1-7,12-15,26,34H,8-11H2. The van der Waals surface area contributed by atoms with Crippen LogP contribution >= 0.6 is 11.6 Å². The van der Waals surface area contributed by atoms with E-state index in [4.69, 9.17) is 16.3 Å². The molecule has 1 N–H and O–H groups in total. The van der Waals surface area contributed by atoms with Gasteiger partial charge in [0, 0.05) is 58.9 Å². The highest BCUT2D eigenvalue weighted by Crippen LogP contribution is 2.37. The molecule has 1 atom stereocenters. The quantitative estimate of drug-likeness (QED) is 0.396. The third-order valence-electron chi connectivity index (χ3n) is 6.37. The number of rotatable bonds is 4. The van der Waals surface area contributed by atoms with Crippen molar-refractivity contribution in [3.63, 3.8) is 0 Å². The van der Waals surface area contributed by atoms with E-state index < -0.39 is 11.9 Å². The summed E-state index contributed by atoms with van der Waals surface area (Å²) in [5.41, 5.74) is 3.92. The smallest absolute Gasteiger partial charge is 0.134 e. The molecule has 1 unspecified atom stereocenters. The van der Waals surface area contributed by atoms with Gasteiger partial charge in [0.2, 0.25) is 0 Å². The molecule has 3 aromatic heterocycles. The summed E-state index contributed by atoms with van der Waals surface area (Å²) in [5, 5.41) is 12.0. The Morgan fingerprint density at radius 1 is 1.03 bits per heavy atom. The van der Waals surface area contributed by atoms with Crippen LogP contribution in [0, 0.1) is 5.82 Å². The zero-order valence-corrected chi connectivity index (χ0v) is 19.4. The third-order valence-corrected chi connectivity index (χ3v) is 6.70. The van der Waals surface area contributed by atoms with Crippen LogP contribution in [0.15, 0.2) is 67.4 Å². The fourth-order valence-electron chi connectivity index (χ4n) is 4.59. The number of halogens is 2. The highest BCUT2D eigenvalue weighted by atomic mass is 35.5. The van der Waals surface area contributed by atoms with Gasteiger partial charge >= 0.3 is 0 Å². The first-order valence-electron chi connectivity index (χ1n) is 11.3. The maximum absolute atomic E-state index is 15.2. The number of hydrogen-bond acceptors (Lipinski definition) is 6. The summed E-state index contributed by atoms with van der Waals surface area (Å²) in [4.78, 5) is 15.4. The number of aromatic nitrogens is 4. The zero-order valence-electron chi connectivity index (χ0n) is 18.6. The van der Waals surface area contributed by atoms with Crippen LogP contribution in [0.3, 0.4) is 0 Å². The van der Waals surface area contributed by atoms with Crippen LogP contribution < -0.4 is 4.90 Å². The molecule has 2 aromatic carbocycles. The molecule has 1 aliphatic rings. The summed E-state index contributed by atoms with van der Waals surface area (Å²) >= 11 is 6.40. The van der Waals surface area contributed by atoms with Crippen LogP contribution in [-0.4, -0.2) is 50.8 Å². The zero-order chi connectivity index (χ0) is 23.9. The van der Waals surface area contributed by atoms with E-state index in [1.54, 1.807) is 18.5 Å². The Hall–Kier alpha value is -3.59. The summed E-state index contributed by atoms with van der Waals surface area (Å²) in [6.45, 7) is 2.97.